The number of carbonyl (C=O) groups excluding carboxylic acids is 2. The molecule has 1 amide bonds. The SMILES string of the molecule is CN.CNC(=O)CBr.Cl.O=C(Br)CBr.[Na+].[OH-]. The monoisotopic (exact) mass is 458 g/mol. The summed E-state index contributed by atoms with van der Waals surface area (Å²) in [6.45, 7) is 0. The van der Waals surface area contributed by atoms with E-state index in [4.69, 9.17) is 0 Å². The van der Waals surface area contributed by atoms with Crippen LogP contribution in [0.1, 0.15) is 0 Å². The smallest absolute Gasteiger partial charge is 0.870 e. The number of nitrogens with one attached hydrogen (secondary N) is 1. The van der Waals surface area contributed by atoms with Crippen LogP contribution in [-0.4, -0.2) is 40.8 Å². The van der Waals surface area contributed by atoms with Crippen molar-refractivity contribution >= 4 is 70.8 Å². The summed E-state index contributed by atoms with van der Waals surface area (Å²) in [5.74, 6) is 0.00926. The van der Waals surface area contributed by atoms with Crippen LogP contribution in [0.3, 0.4) is 0 Å². The molecule has 0 aromatic rings. The first kappa shape index (κ1) is 36.1. The van der Waals surface area contributed by atoms with Gasteiger partial charge in [0.25, 0.3) is 0 Å². The van der Waals surface area contributed by atoms with Crippen LogP contribution in [0.15, 0.2) is 0 Å². The molecule has 0 aliphatic carbocycles. The van der Waals surface area contributed by atoms with Crippen LogP contribution in [0.2, 0.25) is 0 Å². The van der Waals surface area contributed by atoms with Crippen LogP contribution >= 0.6 is 60.2 Å². The Hall–Kier alpha value is 1.79. The van der Waals surface area contributed by atoms with Crippen LogP contribution in [0.25, 0.3) is 0 Å². The third-order valence-electron chi connectivity index (χ3n) is 0.505. The second-order valence-corrected chi connectivity index (χ2v) is 3.30. The molecule has 0 aliphatic heterocycles. The van der Waals surface area contributed by atoms with Gasteiger partial charge in [-0.15, -0.1) is 12.4 Å². The predicted octanol–water partition coefficient (Wildman–Crippen LogP) is -1.75. The molecule has 0 atom stereocenters. The summed E-state index contributed by atoms with van der Waals surface area (Å²) in [7, 11) is 3.10. The van der Waals surface area contributed by atoms with Crippen molar-refractivity contribution in [1.82, 2.24) is 5.32 Å². The van der Waals surface area contributed by atoms with Gasteiger partial charge in [-0.25, -0.2) is 0 Å². The Labute approximate surface area is 149 Å². The summed E-state index contributed by atoms with van der Waals surface area (Å²) >= 11 is 8.57. The number of hydrogen-bond acceptors (Lipinski definition) is 4. The maximum atomic E-state index is 10.0. The van der Waals surface area contributed by atoms with Crippen LogP contribution in [0, 0.1) is 0 Å². The molecule has 0 aromatic heterocycles. The van der Waals surface area contributed by atoms with Crippen LogP contribution < -0.4 is 40.6 Å². The van der Waals surface area contributed by atoms with Gasteiger partial charge in [-0.05, 0) is 23.0 Å². The van der Waals surface area contributed by atoms with Gasteiger partial charge in [0.1, 0.15) is 0 Å². The maximum Gasteiger partial charge on any atom is 1.00 e. The number of halogens is 4. The van der Waals surface area contributed by atoms with E-state index in [-0.39, 0.29) is 58.0 Å². The fourth-order valence-electron chi connectivity index (χ4n) is 0.0668. The van der Waals surface area contributed by atoms with E-state index in [2.05, 4.69) is 58.8 Å². The van der Waals surface area contributed by atoms with Crippen molar-refractivity contribution in [2.45, 2.75) is 0 Å². The van der Waals surface area contributed by atoms with Gasteiger partial charge in [0.15, 0.2) is 0 Å². The fraction of sp³-hybridized carbons (Fsp3) is 0.667. The van der Waals surface area contributed by atoms with Crippen molar-refractivity contribution < 1.29 is 44.6 Å². The molecule has 4 N–H and O–H groups in total. The zero-order valence-electron chi connectivity index (χ0n) is 9.30. The molecule has 10 heteroatoms. The molecule has 0 unspecified atom stereocenters. The van der Waals surface area contributed by atoms with Crippen molar-refractivity contribution in [1.29, 1.82) is 0 Å². The van der Waals surface area contributed by atoms with Crippen LogP contribution in [-0.2, 0) is 9.59 Å². The Morgan fingerprint density at radius 3 is 1.44 bits per heavy atom. The Kier molecular flexibility index (Phi) is 81.1. The van der Waals surface area contributed by atoms with Crippen LogP contribution in [0.5, 0.6) is 0 Å². The molecule has 0 heterocycles. The first-order valence-corrected chi connectivity index (χ1v) is 6.20. The molecule has 0 spiro atoms. The minimum Gasteiger partial charge on any atom is -0.870 e. The van der Waals surface area contributed by atoms with Gasteiger partial charge in [0, 0.05) is 7.05 Å². The van der Waals surface area contributed by atoms with Gasteiger partial charge in [0.2, 0.25) is 10.6 Å². The summed E-state index contributed by atoms with van der Waals surface area (Å²) in [4.78, 5) is 19.7. The van der Waals surface area contributed by atoms with E-state index < -0.39 is 0 Å². The molecule has 0 fully saturated rings. The molecule has 96 valence electrons. The molecule has 0 saturated heterocycles. The summed E-state index contributed by atoms with van der Waals surface area (Å²) in [5, 5.41) is 3.22. The van der Waals surface area contributed by atoms with Crippen molar-refractivity contribution in [3.05, 3.63) is 0 Å². The molecule has 0 rings (SSSR count). The number of carbonyl (C=O) groups is 2. The second kappa shape index (κ2) is 36.0. The Balaban J connectivity index is -0.0000000234. The van der Waals surface area contributed by atoms with Gasteiger partial charge in [-0.2, -0.15) is 0 Å². The third-order valence-corrected chi connectivity index (χ3v) is 2.56. The summed E-state index contributed by atoms with van der Waals surface area (Å²) in [6.07, 6.45) is 0. The van der Waals surface area contributed by atoms with Crippen molar-refractivity contribution in [3.63, 3.8) is 0 Å². The molecule has 0 radical (unpaired) electrons. The number of rotatable bonds is 2. The van der Waals surface area contributed by atoms with E-state index in [0.29, 0.717) is 10.7 Å². The van der Waals surface area contributed by atoms with Crippen molar-refractivity contribution in [2.24, 2.45) is 5.73 Å². The first-order valence-electron chi connectivity index (χ1n) is 3.17. The fourth-order valence-corrected chi connectivity index (χ4v) is 0.347. The number of alkyl halides is 2. The number of hydrogen-bond donors (Lipinski definition) is 2. The van der Waals surface area contributed by atoms with Gasteiger partial charge in [-0.3, -0.25) is 9.59 Å². The summed E-state index contributed by atoms with van der Waals surface area (Å²) in [5.41, 5.74) is 4.50. The summed E-state index contributed by atoms with van der Waals surface area (Å²) < 4.78 is -0.0162. The van der Waals surface area contributed by atoms with Crippen molar-refractivity contribution in [3.8, 4) is 0 Å². The quantitative estimate of drug-likeness (QED) is 0.290. The Morgan fingerprint density at radius 1 is 1.19 bits per heavy atom. The van der Waals surface area contributed by atoms with E-state index in [0.717, 1.165) is 0 Å². The Morgan fingerprint density at radius 2 is 1.44 bits per heavy atom. The zero-order chi connectivity index (χ0) is 11.3. The van der Waals surface area contributed by atoms with E-state index >= 15 is 0 Å². The second-order valence-electron chi connectivity index (χ2n) is 1.30. The van der Waals surface area contributed by atoms with Crippen LogP contribution in [0.4, 0.5) is 0 Å². The normalized spacial score (nSPS) is 5.62. The predicted molar refractivity (Wildman–Crippen MR) is 74.9 cm³/mol. The standard InChI is InChI=1S/C3H6BrNO.C2H2Br2O.CH5N.ClH.Na.H2O/c1-5-3(6)2-4;3-1-2(4)5;1-2;;;/h2H2,1H3,(H,5,6);1H2;2H2,1H3;1H;;1H2/q;;;;+1;/p-1. The van der Waals surface area contributed by atoms with Crippen molar-refractivity contribution in [2.75, 3.05) is 24.8 Å². The zero-order valence-corrected chi connectivity index (χ0v) is 16.9. The number of amides is 1. The average Bonchev–Trinajstić information content (AvgIpc) is 2.20. The molecule has 0 saturated carbocycles. The topological polar surface area (TPSA) is 102 Å². The Bertz CT molecular complexity index is 140. The van der Waals surface area contributed by atoms with E-state index in [1.807, 2.05) is 0 Å². The van der Waals surface area contributed by atoms with E-state index in [1.54, 1.807) is 7.05 Å². The first-order chi connectivity index (χ1) is 6.08. The number of nitrogens with two attached hydrogens (primary N) is 1. The van der Waals surface area contributed by atoms with Gasteiger partial charge in [-0.1, -0.05) is 31.9 Å². The van der Waals surface area contributed by atoms with E-state index in [1.165, 1.54) is 7.05 Å². The minimum atomic E-state index is -0.0162. The molecule has 0 bridgehead atoms. The largest absolute Gasteiger partial charge is 1.00 e. The third kappa shape index (κ3) is 56.9. The van der Waals surface area contributed by atoms with Gasteiger partial charge < -0.3 is 16.5 Å². The molecular formula is C6H15Br3ClN2NaO3. The molecule has 0 aliphatic rings. The molecule has 0 aromatic carbocycles. The average molecular weight is 461 g/mol. The molecule has 16 heavy (non-hydrogen) atoms. The van der Waals surface area contributed by atoms with Gasteiger partial charge >= 0.3 is 29.6 Å². The molecular weight excluding hydrogens is 446 g/mol. The minimum absolute atomic E-state index is 0. The van der Waals surface area contributed by atoms with E-state index in [9.17, 15) is 9.59 Å². The van der Waals surface area contributed by atoms with Gasteiger partial charge in [0.05, 0.1) is 10.7 Å². The summed E-state index contributed by atoms with van der Waals surface area (Å²) in [6, 6.07) is 0. The maximum absolute atomic E-state index is 10.0. The molecule has 5 nitrogen and oxygen atoms in total.